The Morgan fingerprint density at radius 1 is 0.342 bits per heavy atom. The van der Waals surface area contributed by atoms with Crippen LogP contribution in [0.5, 0.6) is 0 Å². The van der Waals surface area contributed by atoms with Crippen LogP contribution in [0.3, 0.4) is 0 Å². The van der Waals surface area contributed by atoms with Crippen LogP contribution in [-0.2, 0) is 23.7 Å². The zero-order valence-corrected chi connectivity index (χ0v) is 105. The first-order valence-corrected chi connectivity index (χ1v) is 58.3. The molecule has 3 N–H and O–H groups in total. The van der Waals surface area contributed by atoms with Crippen LogP contribution in [0, 0.1) is 17.8 Å². The molecule has 0 aromatic carbocycles. The summed E-state index contributed by atoms with van der Waals surface area (Å²) in [4.78, 5) is 101. The lowest BCUT2D eigenvalue weighted by Gasteiger charge is -2.48. The van der Waals surface area contributed by atoms with E-state index in [1.165, 1.54) is 137 Å². The molecular formula is C116H243N21O9. The van der Waals surface area contributed by atoms with Gasteiger partial charge in [-0.2, -0.15) is 0 Å². The van der Waals surface area contributed by atoms with Gasteiger partial charge >= 0.3 is 24.4 Å². The Labute approximate surface area is 901 Å². The van der Waals surface area contributed by atoms with Crippen LogP contribution in [0.4, 0.5) is 19.2 Å². The molecule has 146 heavy (non-hydrogen) atoms. The molecule has 0 aliphatic carbocycles. The first kappa shape index (κ1) is 140. The second kappa shape index (κ2) is 69.0. The highest BCUT2D eigenvalue weighted by molar-refractivity contribution is 5.78. The van der Waals surface area contributed by atoms with Gasteiger partial charge in [0.2, 0.25) is 5.91 Å². The second-order valence-corrected chi connectivity index (χ2v) is 52.2. The smallest absolute Gasteiger partial charge is 0.410 e. The zero-order chi connectivity index (χ0) is 112. The highest BCUT2D eigenvalue weighted by Crippen LogP contribution is 2.28. The van der Waals surface area contributed by atoms with Gasteiger partial charge in [0, 0.05) is 313 Å². The number of likely N-dealkylation sites (tertiary alicyclic amines) is 1. The topological polar surface area (TPSA) is 217 Å². The minimum Gasteiger partial charge on any atom is -0.444 e. The molecule has 0 bridgehead atoms. The van der Waals surface area contributed by atoms with Gasteiger partial charge in [-0.1, -0.05) is 41.5 Å². The Kier molecular flexibility index (Phi) is 66.1. The Hall–Kier alpha value is -4.09. The zero-order valence-electron chi connectivity index (χ0n) is 105. The van der Waals surface area contributed by atoms with Crippen molar-refractivity contribution in [2.75, 3.05) is 243 Å². The van der Waals surface area contributed by atoms with E-state index in [0.717, 1.165) is 147 Å². The van der Waals surface area contributed by atoms with Gasteiger partial charge < -0.3 is 69.2 Å². The molecule has 11 saturated heterocycles. The van der Waals surface area contributed by atoms with Gasteiger partial charge in [-0.25, -0.2) is 19.2 Å². The van der Waals surface area contributed by atoms with E-state index >= 15 is 0 Å². The average Bonchev–Trinajstić information content (AvgIpc) is 0.681. The Bertz CT molecular complexity index is 3380. The van der Waals surface area contributed by atoms with E-state index in [-0.39, 0.29) is 47.9 Å². The minimum atomic E-state index is -0.428. The number of rotatable bonds is 15. The summed E-state index contributed by atoms with van der Waals surface area (Å²) in [5.74, 6) is 2.27. The number of hydrogen-bond acceptors (Lipinski definition) is 25. The maximum absolute atomic E-state index is 12.3. The maximum atomic E-state index is 12.3. The van der Waals surface area contributed by atoms with Crippen molar-refractivity contribution in [2.24, 2.45) is 17.8 Å². The number of nitrogens with one attached hydrogen (secondary N) is 3. The third-order valence-corrected chi connectivity index (χ3v) is 29.5. The summed E-state index contributed by atoms with van der Waals surface area (Å²) in [6.45, 7) is 139. The first-order valence-electron chi connectivity index (χ1n) is 58.3. The lowest BCUT2D eigenvalue weighted by atomic mass is 9.98. The number of likely N-dealkylation sites (N-methyl/N-ethyl adjacent to an activating group) is 2. The van der Waals surface area contributed by atoms with Crippen LogP contribution < -0.4 is 16.0 Å². The molecule has 6 unspecified atom stereocenters. The molecule has 30 nitrogen and oxygen atoms in total. The number of piperazine rings is 10. The molecule has 11 heterocycles. The van der Waals surface area contributed by atoms with Crippen molar-refractivity contribution in [2.45, 2.75) is 469 Å². The van der Waals surface area contributed by atoms with Gasteiger partial charge in [-0.3, -0.25) is 58.7 Å². The normalized spacial score (nSPS) is 23.8. The van der Waals surface area contributed by atoms with Gasteiger partial charge in [-0.05, 0) is 335 Å². The maximum Gasteiger partial charge on any atom is 0.410 e. The minimum absolute atomic E-state index is 0.153. The quantitative estimate of drug-likeness (QED) is 0.130. The number of nitrogens with zero attached hydrogens (tertiary/aromatic N) is 18. The van der Waals surface area contributed by atoms with Gasteiger partial charge in [0.1, 0.15) is 22.4 Å². The molecule has 0 radical (unpaired) electrons. The van der Waals surface area contributed by atoms with Crippen LogP contribution in [0.25, 0.3) is 0 Å². The second-order valence-electron chi connectivity index (χ2n) is 52.2. The number of carbonyl (C=O) groups excluding carboxylic acids is 5. The van der Waals surface area contributed by atoms with E-state index in [0.29, 0.717) is 72.9 Å². The van der Waals surface area contributed by atoms with Crippen molar-refractivity contribution >= 4 is 30.3 Å². The van der Waals surface area contributed by atoms with Crippen LogP contribution in [0.15, 0.2) is 0 Å². The highest BCUT2D eigenvalue weighted by atomic mass is 16.6. The standard InChI is InChI=1S/C15H30N2O2.C14H28N2O2.C13H26N2O2.C12H24N2O2.2C10H22N2.2C9H20N2.C9H19N.C8H18N2.C7H14N2O/c1-11(2)13-10-16(12(3)4)8-9-17(13)14(18)19-15(5,6)7;1-11(2)15-8-9-16(14(6,7)10-15)12(17)18-13(3,4)5;1-10(2)14-7-8-15(11(3)9-14)12(16)17-13(4,5)6;1-10(2)13-6-8-14(9-7-13)11(15)16-12(3,4)5;1-9(2)11-5-7-12(8-6-11)10(3)4;1-8(2)10-7-12(9(3)4)6-5-11-10;1-7(2)11-5-8(3)10-9(4)6-11;1-4-10-5-7-11(8-6-10)9(2)3;1-8(2)10-6-4-5-9(3)7-10;1-8(2)10-6-4-9(3)5-7-10;1-6(2)9-4-3-8-7(10)5-9/h11-13H,8-10H2,1-7H3;11H,8-10H2,1-7H3;10-11H,7-9H2,1-6H3;10H,6-9H2,1-5H3;9-10H,5-8H2,1-4H3;8-11H,5-7H2,1-4H3;7-10H,5-6H2,1-4H3;9H,4-8H2,1-3H3;8-9H,4-7H2,1-3H3;8H,4-7H2,1-3H3;6H,3-5H2,1-2H3,(H,8,10). The lowest BCUT2D eigenvalue weighted by molar-refractivity contribution is -0.124. The van der Waals surface area contributed by atoms with Gasteiger partial charge in [0.25, 0.3) is 0 Å². The van der Waals surface area contributed by atoms with Crippen molar-refractivity contribution in [3.8, 4) is 0 Å². The summed E-state index contributed by atoms with van der Waals surface area (Å²) < 4.78 is 21.8. The Morgan fingerprint density at radius 3 is 1.03 bits per heavy atom. The van der Waals surface area contributed by atoms with Gasteiger partial charge in [-0.15, -0.1) is 0 Å². The number of amides is 5. The molecule has 0 saturated carbocycles. The summed E-state index contributed by atoms with van der Waals surface area (Å²) in [6.07, 6.45) is 2.09. The molecule has 0 spiro atoms. The number of piperidine rings is 1. The fraction of sp³-hybridized carbons (Fsp3) is 0.957. The van der Waals surface area contributed by atoms with Crippen molar-refractivity contribution < 1.29 is 42.9 Å². The monoisotopic (exact) mass is 2070 g/mol. The van der Waals surface area contributed by atoms with E-state index in [2.05, 4.69) is 334 Å². The molecule has 6 atom stereocenters. The van der Waals surface area contributed by atoms with E-state index < -0.39 is 22.4 Å². The van der Waals surface area contributed by atoms with E-state index in [9.17, 15) is 24.0 Å². The van der Waals surface area contributed by atoms with Crippen molar-refractivity contribution in [3.63, 3.8) is 0 Å². The molecule has 11 fully saturated rings. The van der Waals surface area contributed by atoms with E-state index in [1.807, 2.05) is 97.8 Å². The van der Waals surface area contributed by atoms with Crippen molar-refractivity contribution in [1.82, 2.24) is 104 Å². The third kappa shape index (κ3) is 59.0. The SMILES string of the molecule is CC(C)C1CN(C(C)C)CCN1.CC(C)C1CN(C(C)C)CCN1C(=O)OC(C)(C)C.CC(C)N1CCN(C(=O)OC(C)(C)C)C(C)(C)C1.CC(C)N1CCN(C(=O)OC(C)(C)C)C(C)C1.CC(C)N1CCN(C(=O)OC(C)(C)C)CC1.CC(C)N1CCN(C(C)C)CC1.CC(C)N1CCN(C)CC1.CC(C)N1CCNC(=O)C1.CC1CCCN(C(C)C)C1.CC1CN(C(C)C)CC(C)N1.CCN1CCN(C(C)C)CC1. The van der Waals surface area contributed by atoms with Crippen LogP contribution in [0.1, 0.15) is 338 Å². The predicted octanol–water partition coefficient (Wildman–Crippen LogP) is 17.4. The van der Waals surface area contributed by atoms with Crippen molar-refractivity contribution in [3.05, 3.63) is 0 Å². The molecule has 0 aromatic rings. The summed E-state index contributed by atoms with van der Waals surface area (Å²) >= 11 is 0. The highest BCUT2D eigenvalue weighted by Gasteiger charge is 2.42. The number of ether oxygens (including phenoxy) is 4. The summed E-state index contributed by atoms with van der Waals surface area (Å²) in [6, 6.07) is 10.2. The molecule has 11 rings (SSSR count). The molecule has 11 aliphatic heterocycles. The first-order chi connectivity index (χ1) is 67.3. The molecule has 0 aromatic heterocycles. The summed E-state index contributed by atoms with van der Waals surface area (Å²) in [5.41, 5.74) is -1.83. The fourth-order valence-corrected chi connectivity index (χ4v) is 19.5. The van der Waals surface area contributed by atoms with Crippen LogP contribution in [0.2, 0.25) is 0 Å². The van der Waals surface area contributed by atoms with Crippen LogP contribution >= 0.6 is 0 Å². The lowest BCUT2D eigenvalue weighted by Crippen LogP contribution is -2.62. The Morgan fingerprint density at radius 2 is 0.678 bits per heavy atom. The fourth-order valence-electron chi connectivity index (χ4n) is 19.5. The summed E-state index contributed by atoms with van der Waals surface area (Å²) in [7, 11) is 2.19. The Balaban J connectivity index is 0.000000809. The predicted molar refractivity (Wildman–Crippen MR) is 619 cm³/mol. The largest absolute Gasteiger partial charge is 0.444 e. The molecule has 5 amide bonds. The van der Waals surface area contributed by atoms with E-state index in [4.69, 9.17) is 18.9 Å². The van der Waals surface area contributed by atoms with Gasteiger partial charge in [0.15, 0.2) is 0 Å². The molecule has 866 valence electrons. The number of carbonyl (C=O) groups is 5. The number of hydrogen-bond donors (Lipinski definition) is 3. The van der Waals surface area contributed by atoms with Crippen LogP contribution in [-0.4, -0.2) is 492 Å². The van der Waals surface area contributed by atoms with Gasteiger partial charge in [0.05, 0.1) is 18.1 Å². The van der Waals surface area contributed by atoms with Crippen molar-refractivity contribution in [1.29, 1.82) is 0 Å². The molecule has 11 aliphatic rings. The molecular weight excluding hydrogens is 1830 g/mol. The van der Waals surface area contributed by atoms with E-state index in [1.54, 1.807) is 4.90 Å². The average molecular weight is 2080 g/mol. The molecule has 30 heteroatoms. The third-order valence-electron chi connectivity index (χ3n) is 29.5. The summed E-state index contributed by atoms with van der Waals surface area (Å²) in [5, 5.41) is 9.87.